The summed E-state index contributed by atoms with van der Waals surface area (Å²) in [6.07, 6.45) is 5.10. The van der Waals surface area contributed by atoms with Crippen LogP contribution in [-0.4, -0.2) is 47.8 Å². The Morgan fingerprint density at radius 2 is 2.10 bits per heavy atom. The molecule has 0 radical (unpaired) electrons. The van der Waals surface area contributed by atoms with Crippen molar-refractivity contribution < 1.29 is 14.6 Å². The van der Waals surface area contributed by atoms with Crippen molar-refractivity contribution in [2.75, 3.05) is 7.11 Å². The maximum absolute atomic E-state index is 11.4. The van der Waals surface area contributed by atoms with Crippen molar-refractivity contribution in [3.05, 3.63) is 57.5 Å². The maximum atomic E-state index is 11.4. The predicted molar refractivity (Wildman–Crippen MR) is 104 cm³/mol. The third-order valence-electron chi connectivity index (χ3n) is 4.49. The van der Waals surface area contributed by atoms with Crippen molar-refractivity contribution in [3.63, 3.8) is 0 Å². The van der Waals surface area contributed by atoms with E-state index in [-0.39, 0.29) is 23.6 Å². The number of nitrogens with one attached hydrogen (secondary N) is 2. The second-order valence-corrected chi connectivity index (χ2v) is 6.77. The van der Waals surface area contributed by atoms with Crippen molar-refractivity contribution in [1.29, 1.82) is 0 Å². The highest BCUT2D eigenvalue weighted by Crippen LogP contribution is 2.24. The van der Waals surface area contributed by atoms with Gasteiger partial charge in [0.15, 0.2) is 5.65 Å². The van der Waals surface area contributed by atoms with Crippen LogP contribution in [0, 0.1) is 0 Å². The van der Waals surface area contributed by atoms with Gasteiger partial charge < -0.3 is 19.6 Å². The molecule has 11 heteroatoms. The second-order valence-electron chi connectivity index (χ2n) is 6.77. The predicted octanol–water partition coefficient (Wildman–Crippen LogP) is 0.258. The lowest BCUT2D eigenvalue weighted by atomic mass is 10.3. The summed E-state index contributed by atoms with van der Waals surface area (Å²) in [5.74, 6) is 0.875. The maximum Gasteiger partial charge on any atom is 0.327 e. The molecule has 1 aliphatic rings. The smallest absolute Gasteiger partial charge is 0.327 e. The SMILES string of the molecule is COc1cccc(Oc2nc(=NC3CC3)n3nc/c(=C/c4[nH]c(=O)[nH]c4O)c3n2)c1. The van der Waals surface area contributed by atoms with Crippen molar-refractivity contribution in [3.8, 4) is 23.4 Å². The molecule has 152 valence electrons. The summed E-state index contributed by atoms with van der Waals surface area (Å²) in [6, 6.07) is 7.38. The molecule has 1 aliphatic carbocycles. The number of hydrogen-bond donors (Lipinski definition) is 3. The Labute approximate surface area is 168 Å². The number of aromatic nitrogens is 6. The van der Waals surface area contributed by atoms with Gasteiger partial charge >= 0.3 is 11.7 Å². The molecule has 0 spiro atoms. The van der Waals surface area contributed by atoms with E-state index < -0.39 is 5.69 Å². The summed E-state index contributed by atoms with van der Waals surface area (Å²) < 4.78 is 12.6. The highest BCUT2D eigenvalue weighted by atomic mass is 16.5. The highest BCUT2D eigenvalue weighted by Gasteiger charge is 2.21. The zero-order valence-corrected chi connectivity index (χ0v) is 15.9. The van der Waals surface area contributed by atoms with Crippen LogP contribution in [0.15, 0.2) is 40.2 Å². The Morgan fingerprint density at radius 3 is 2.83 bits per heavy atom. The molecule has 0 amide bonds. The zero-order chi connectivity index (χ0) is 20.7. The van der Waals surface area contributed by atoms with E-state index >= 15 is 0 Å². The number of H-pyrrole nitrogens is 2. The van der Waals surface area contributed by atoms with Gasteiger partial charge in [-0.05, 0) is 31.1 Å². The Morgan fingerprint density at radius 1 is 1.27 bits per heavy atom. The molecule has 11 nitrogen and oxygen atoms in total. The van der Waals surface area contributed by atoms with Crippen molar-refractivity contribution in [2.45, 2.75) is 18.9 Å². The molecule has 1 aromatic carbocycles. The number of imidazole rings is 1. The van der Waals surface area contributed by atoms with Gasteiger partial charge in [0.1, 0.15) is 17.2 Å². The molecule has 0 bridgehead atoms. The normalized spacial score (nSPS) is 15.1. The van der Waals surface area contributed by atoms with Gasteiger partial charge in [0, 0.05) is 11.3 Å². The lowest BCUT2D eigenvalue weighted by Gasteiger charge is -2.06. The number of aromatic hydroxyl groups is 1. The number of rotatable bonds is 5. The Kier molecular flexibility index (Phi) is 4.20. The van der Waals surface area contributed by atoms with Crippen LogP contribution in [0.2, 0.25) is 0 Å². The minimum absolute atomic E-state index is 0.0945. The molecule has 3 aromatic heterocycles. The lowest BCUT2D eigenvalue weighted by molar-refractivity contribution is 0.403. The number of ether oxygens (including phenoxy) is 2. The summed E-state index contributed by atoms with van der Waals surface area (Å²) in [7, 11) is 1.57. The Bertz CT molecular complexity index is 1410. The van der Waals surface area contributed by atoms with E-state index in [0.29, 0.717) is 28.0 Å². The van der Waals surface area contributed by atoms with Gasteiger partial charge in [0.05, 0.1) is 19.3 Å². The van der Waals surface area contributed by atoms with Crippen LogP contribution in [-0.2, 0) is 0 Å². The second kappa shape index (κ2) is 7.03. The molecule has 1 fully saturated rings. The molecule has 0 aliphatic heterocycles. The topological polar surface area (TPSA) is 143 Å². The first-order valence-electron chi connectivity index (χ1n) is 9.23. The molecule has 3 heterocycles. The van der Waals surface area contributed by atoms with E-state index in [4.69, 9.17) is 9.47 Å². The number of nitrogens with zero attached hydrogens (tertiary/aromatic N) is 5. The molecule has 5 rings (SSSR count). The first-order chi connectivity index (χ1) is 14.6. The third kappa shape index (κ3) is 3.48. The molecular weight excluding hydrogens is 390 g/mol. The van der Waals surface area contributed by atoms with Crippen LogP contribution in [0.5, 0.6) is 23.4 Å². The first-order valence-corrected chi connectivity index (χ1v) is 9.23. The number of aromatic amines is 2. The molecular formula is C19H17N7O4. The van der Waals surface area contributed by atoms with Crippen LogP contribution >= 0.6 is 0 Å². The fourth-order valence-corrected chi connectivity index (χ4v) is 2.88. The minimum Gasteiger partial charge on any atom is -0.497 e. The summed E-state index contributed by atoms with van der Waals surface area (Å²) in [5.41, 5.74) is 0.483. The van der Waals surface area contributed by atoms with Crippen LogP contribution in [0.1, 0.15) is 18.5 Å². The van der Waals surface area contributed by atoms with E-state index in [2.05, 4.69) is 30.0 Å². The first kappa shape index (κ1) is 17.9. The van der Waals surface area contributed by atoms with Gasteiger partial charge in [-0.3, -0.25) is 4.98 Å². The fourth-order valence-electron chi connectivity index (χ4n) is 2.88. The monoisotopic (exact) mass is 407 g/mol. The van der Waals surface area contributed by atoms with Gasteiger partial charge in [0.25, 0.3) is 5.62 Å². The highest BCUT2D eigenvalue weighted by molar-refractivity contribution is 5.56. The largest absolute Gasteiger partial charge is 0.497 e. The van der Waals surface area contributed by atoms with Crippen LogP contribution in [0.3, 0.4) is 0 Å². The van der Waals surface area contributed by atoms with Gasteiger partial charge in [-0.25, -0.2) is 9.79 Å². The summed E-state index contributed by atoms with van der Waals surface area (Å²) >= 11 is 0. The number of fused-ring (bicyclic) bond motifs is 1. The van der Waals surface area contributed by atoms with Crippen molar-refractivity contribution in [2.24, 2.45) is 4.99 Å². The van der Waals surface area contributed by atoms with E-state index in [1.807, 2.05) is 0 Å². The van der Waals surface area contributed by atoms with Gasteiger partial charge in [-0.2, -0.15) is 19.6 Å². The summed E-state index contributed by atoms with van der Waals surface area (Å²) in [5, 5.41) is 14.7. The summed E-state index contributed by atoms with van der Waals surface area (Å²) in [4.78, 5) is 29.6. The lowest BCUT2D eigenvalue weighted by Crippen LogP contribution is -2.23. The van der Waals surface area contributed by atoms with E-state index in [1.165, 1.54) is 4.52 Å². The average molecular weight is 407 g/mol. The molecule has 0 saturated heterocycles. The molecule has 30 heavy (non-hydrogen) atoms. The standard InChI is InChI=1S/C19H17N7O4/c1-29-12-3-2-4-13(8-12)30-19-23-15-10(7-14-16(27)24-18(28)22-14)9-20-26(15)17(25-19)21-11-5-6-11/h2-4,7-9,11,27H,5-6H2,1H3,(H2,22,24,28)/b10-7-,21-17?. The number of hydrogen-bond acceptors (Lipinski definition) is 8. The molecule has 3 N–H and O–H groups in total. The van der Waals surface area contributed by atoms with Gasteiger partial charge in [-0.15, -0.1) is 0 Å². The summed E-state index contributed by atoms with van der Waals surface area (Å²) in [6.45, 7) is 0. The fraction of sp³-hybridized carbons (Fsp3) is 0.211. The minimum atomic E-state index is -0.517. The average Bonchev–Trinajstić information content (AvgIpc) is 3.37. The molecule has 4 aromatic rings. The Balaban J connectivity index is 1.66. The van der Waals surface area contributed by atoms with E-state index in [1.54, 1.807) is 43.6 Å². The van der Waals surface area contributed by atoms with Crippen LogP contribution < -0.4 is 26.0 Å². The molecule has 0 atom stereocenters. The number of benzene rings is 1. The number of methoxy groups -OCH3 is 1. The van der Waals surface area contributed by atoms with Crippen LogP contribution in [0.25, 0.3) is 11.7 Å². The van der Waals surface area contributed by atoms with Crippen LogP contribution in [0.4, 0.5) is 0 Å². The van der Waals surface area contributed by atoms with E-state index in [9.17, 15) is 9.90 Å². The Hall–Kier alpha value is -4.15. The van der Waals surface area contributed by atoms with E-state index in [0.717, 1.165) is 12.8 Å². The van der Waals surface area contributed by atoms with Crippen molar-refractivity contribution in [1.82, 2.24) is 29.5 Å². The third-order valence-corrected chi connectivity index (χ3v) is 4.49. The van der Waals surface area contributed by atoms with Gasteiger partial charge in [0.2, 0.25) is 5.88 Å². The molecule has 1 saturated carbocycles. The van der Waals surface area contributed by atoms with Gasteiger partial charge in [-0.1, -0.05) is 6.07 Å². The zero-order valence-electron chi connectivity index (χ0n) is 15.9. The molecule has 0 unspecified atom stereocenters. The quantitative estimate of drug-likeness (QED) is 0.430. The van der Waals surface area contributed by atoms with Crippen molar-refractivity contribution >= 4 is 11.7 Å².